The number of hydrogen-bond donors (Lipinski definition) is 1. The van der Waals surface area contributed by atoms with Gasteiger partial charge in [0, 0.05) is 11.8 Å². The lowest BCUT2D eigenvalue weighted by Gasteiger charge is -1.97. The first-order chi connectivity index (χ1) is 6.05. The molecule has 1 aromatic heterocycles. The van der Waals surface area contributed by atoms with Crippen LogP contribution in [0.5, 0.6) is 0 Å². The number of hydrogen-bond acceptors (Lipinski definition) is 4. The topological polar surface area (TPSA) is 83.9 Å². The van der Waals surface area contributed by atoms with E-state index in [0.29, 0.717) is 18.4 Å². The summed E-state index contributed by atoms with van der Waals surface area (Å²) in [7, 11) is -3.62. The van der Waals surface area contributed by atoms with Crippen LogP contribution < -0.4 is 5.14 Å². The number of primary sulfonamides is 1. The van der Waals surface area contributed by atoms with Gasteiger partial charge in [-0.2, -0.15) is 16.6 Å². The molecule has 0 atom stereocenters. The van der Waals surface area contributed by atoms with Crippen LogP contribution in [0.4, 0.5) is 0 Å². The predicted molar refractivity (Wildman–Crippen MR) is 49.6 cm³/mol. The third-order valence-electron chi connectivity index (χ3n) is 1.51. The number of nitriles is 1. The van der Waals surface area contributed by atoms with Gasteiger partial charge < -0.3 is 0 Å². The smallest absolute Gasteiger partial charge is 0.225 e. The monoisotopic (exact) mass is 216 g/mol. The molecule has 0 saturated heterocycles. The van der Waals surface area contributed by atoms with Crippen molar-refractivity contribution in [1.29, 1.82) is 5.26 Å². The van der Waals surface area contributed by atoms with Crippen molar-refractivity contribution in [3.05, 3.63) is 16.3 Å². The Morgan fingerprint density at radius 1 is 1.54 bits per heavy atom. The van der Waals surface area contributed by atoms with Crippen LogP contribution in [0.25, 0.3) is 0 Å². The summed E-state index contributed by atoms with van der Waals surface area (Å²) >= 11 is 1.27. The van der Waals surface area contributed by atoms with E-state index in [4.69, 9.17) is 10.4 Å². The maximum absolute atomic E-state index is 11.0. The van der Waals surface area contributed by atoms with E-state index >= 15 is 0 Å². The fourth-order valence-corrected chi connectivity index (χ4v) is 2.99. The molecule has 2 N–H and O–H groups in total. The van der Waals surface area contributed by atoms with Gasteiger partial charge in [0.15, 0.2) is 0 Å². The minimum atomic E-state index is -3.62. The van der Waals surface area contributed by atoms with Crippen LogP contribution in [-0.4, -0.2) is 8.42 Å². The molecule has 13 heavy (non-hydrogen) atoms. The molecule has 0 saturated carbocycles. The van der Waals surface area contributed by atoms with Crippen molar-refractivity contribution in [2.45, 2.75) is 17.7 Å². The SMILES string of the molecule is N#CCCc1cscc1S(N)(=O)=O. The van der Waals surface area contributed by atoms with E-state index in [1.807, 2.05) is 6.07 Å². The van der Waals surface area contributed by atoms with Crippen molar-refractivity contribution in [2.75, 3.05) is 0 Å². The van der Waals surface area contributed by atoms with E-state index in [1.54, 1.807) is 5.38 Å². The Bertz CT molecular complexity index is 428. The minimum Gasteiger partial charge on any atom is -0.225 e. The molecule has 0 aliphatic heterocycles. The van der Waals surface area contributed by atoms with Crippen molar-refractivity contribution in [2.24, 2.45) is 5.14 Å². The molecule has 0 bridgehead atoms. The first-order valence-corrected chi connectivity index (χ1v) is 5.99. The highest BCUT2D eigenvalue weighted by Crippen LogP contribution is 2.20. The molecule has 1 heterocycles. The van der Waals surface area contributed by atoms with Gasteiger partial charge in [0.05, 0.1) is 11.0 Å². The van der Waals surface area contributed by atoms with Crippen molar-refractivity contribution >= 4 is 21.4 Å². The highest BCUT2D eigenvalue weighted by molar-refractivity contribution is 7.89. The number of aryl methyl sites for hydroxylation is 1. The Hall–Kier alpha value is -0.900. The third-order valence-corrected chi connectivity index (χ3v) is 3.45. The summed E-state index contributed by atoms with van der Waals surface area (Å²) in [6, 6.07) is 1.95. The summed E-state index contributed by atoms with van der Waals surface area (Å²) in [6.07, 6.45) is 0.741. The first-order valence-electron chi connectivity index (χ1n) is 3.50. The maximum atomic E-state index is 11.0. The summed E-state index contributed by atoms with van der Waals surface area (Å²) in [4.78, 5) is 0.146. The first kappa shape index (κ1) is 10.2. The average Bonchev–Trinajstić information content (AvgIpc) is 2.47. The van der Waals surface area contributed by atoms with Crippen LogP contribution in [0.15, 0.2) is 15.7 Å². The number of nitrogens with two attached hydrogens (primary N) is 1. The summed E-state index contributed by atoms with van der Waals surface area (Å²) < 4.78 is 22.0. The summed E-state index contributed by atoms with van der Waals surface area (Å²) in [5.41, 5.74) is 0.633. The molecule has 1 rings (SSSR count). The van der Waals surface area contributed by atoms with Gasteiger partial charge in [-0.1, -0.05) is 0 Å². The van der Waals surface area contributed by atoms with E-state index in [0.717, 1.165) is 0 Å². The molecule has 0 fully saturated rings. The number of nitrogens with zero attached hydrogens (tertiary/aromatic N) is 1. The molecule has 6 heteroatoms. The van der Waals surface area contributed by atoms with Gasteiger partial charge in [-0.05, 0) is 17.4 Å². The zero-order chi connectivity index (χ0) is 9.90. The lowest BCUT2D eigenvalue weighted by Crippen LogP contribution is -2.12. The lowest BCUT2D eigenvalue weighted by molar-refractivity contribution is 0.597. The zero-order valence-electron chi connectivity index (χ0n) is 6.73. The molecular formula is C7H8N2O2S2. The van der Waals surface area contributed by atoms with Crippen molar-refractivity contribution in [3.8, 4) is 6.07 Å². The molecule has 0 amide bonds. The van der Waals surface area contributed by atoms with Gasteiger partial charge in [-0.25, -0.2) is 13.6 Å². The van der Waals surface area contributed by atoms with E-state index < -0.39 is 10.0 Å². The molecule has 0 spiro atoms. The van der Waals surface area contributed by atoms with Crippen molar-refractivity contribution in [3.63, 3.8) is 0 Å². The number of thiophene rings is 1. The van der Waals surface area contributed by atoms with Gasteiger partial charge in [0.2, 0.25) is 10.0 Å². The molecule has 0 radical (unpaired) electrons. The summed E-state index contributed by atoms with van der Waals surface area (Å²) in [5.74, 6) is 0. The fraction of sp³-hybridized carbons (Fsp3) is 0.286. The Morgan fingerprint density at radius 3 is 2.77 bits per heavy atom. The van der Waals surface area contributed by atoms with Gasteiger partial charge in [-0.15, -0.1) is 0 Å². The molecule has 0 unspecified atom stereocenters. The van der Waals surface area contributed by atoms with Gasteiger partial charge in [0.25, 0.3) is 0 Å². The molecule has 4 nitrogen and oxygen atoms in total. The van der Waals surface area contributed by atoms with Gasteiger partial charge in [-0.3, -0.25) is 0 Å². The number of sulfonamides is 1. The molecular weight excluding hydrogens is 208 g/mol. The fourth-order valence-electron chi connectivity index (χ4n) is 0.934. The molecule has 0 aromatic carbocycles. The molecule has 0 aliphatic carbocycles. The maximum Gasteiger partial charge on any atom is 0.239 e. The highest BCUT2D eigenvalue weighted by Gasteiger charge is 2.13. The van der Waals surface area contributed by atoms with Crippen LogP contribution in [0.3, 0.4) is 0 Å². The van der Waals surface area contributed by atoms with E-state index in [-0.39, 0.29) is 4.90 Å². The lowest BCUT2D eigenvalue weighted by atomic mass is 10.2. The van der Waals surface area contributed by atoms with E-state index in [1.165, 1.54) is 16.7 Å². The van der Waals surface area contributed by atoms with Gasteiger partial charge >= 0.3 is 0 Å². The van der Waals surface area contributed by atoms with Crippen molar-refractivity contribution in [1.82, 2.24) is 0 Å². The average molecular weight is 216 g/mol. The summed E-state index contributed by atoms with van der Waals surface area (Å²) in [5, 5.41) is 16.5. The van der Waals surface area contributed by atoms with Gasteiger partial charge in [0.1, 0.15) is 0 Å². The standard InChI is InChI=1S/C7H8N2O2S2/c8-3-1-2-6-4-12-5-7(6)13(9,10)11/h4-5H,1-2H2,(H2,9,10,11). The summed E-state index contributed by atoms with van der Waals surface area (Å²) in [6.45, 7) is 0. The van der Waals surface area contributed by atoms with E-state index in [9.17, 15) is 8.42 Å². The minimum absolute atomic E-state index is 0.146. The normalized spacial score (nSPS) is 11.1. The van der Waals surface area contributed by atoms with Crippen LogP contribution in [0.1, 0.15) is 12.0 Å². The Morgan fingerprint density at radius 2 is 2.23 bits per heavy atom. The van der Waals surface area contributed by atoms with Crippen LogP contribution in [0.2, 0.25) is 0 Å². The quantitative estimate of drug-likeness (QED) is 0.813. The highest BCUT2D eigenvalue weighted by atomic mass is 32.2. The molecule has 70 valence electrons. The van der Waals surface area contributed by atoms with Crippen LogP contribution in [0, 0.1) is 11.3 Å². The molecule has 0 aliphatic rings. The largest absolute Gasteiger partial charge is 0.239 e. The van der Waals surface area contributed by atoms with Crippen molar-refractivity contribution < 1.29 is 8.42 Å². The Balaban J connectivity index is 2.98. The Labute approximate surface area is 80.7 Å². The second-order valence-corrected chi connectivity index (χ2v) is 4.74. The van der Waals surface area contributed by atoms with Crippen LogP contribution in [-0.2, 0) is 16.4 Å². The van der Waals surface area contributed by atoms with E-state index in [2.05, 4.69) is 0 Å². The Kier molecular flexibility index (Phi) is 3.03. The zero-order valence-corrected chi connectivity index (χ0v) is 8.36. The third kappa shape index (κ3) is 2.52. The second kappa shape index (κ2) is 3.87. The van der Waals surface area contributed by atoms with Crippen LogP contribution >= 0.6 is 11.3 Å². The second-order valence-electron chi connectivity index (χ2n) is 2.46. The molecule has 1 aromatic rings. The predicted octanol–water partition coefficient (Wildman–Crippen LogP) is 0.852. The number of rotatable bonds is 3.